The van der Waals surface area contributed by atoms with Gasteiger partial charge in [0.05, 0.1) is 11.4 Å². The summed E-state index contributed by atoms with van der Waals surface area (Å²) in [7, 11) is 1.82. The van der Waals surface area contributed by atoms with E-state index in [1.165, 1.54) is 0 Å². The van der Waals surface area contributed by atoms with Crippen LogP contribution in [0.25, 0.3) is 0 Å². The summed E-state index contributed by atoms with van der Waals surface area (Å²) in [4.78, 5) is 25.7. The van der Waals surface area contributed by atoms with Crippen LogP contribution in [0.5, 0.6) is 0 Å². The first-order valence-electron chi connectivity index (χ1n) is 4.79. The van der Waals surface area contributed by atoms with Crippen LogP contribution in [0.2, 0.25) is 0 Å². The average Bonchev–Trinajstić information content (AvgIpc) is 2.37. The number of nitrogens with zero attached hydrogens (tertiary/aromatic N) is 2. The van der Waals surface area contributed by atoms with Crippen molar-refractivity contribution in [2.75, 3.05) is 23.4 Å². The van der Waals surface area contributed by atoms with Crippen molar-refractivity contribution in [3.8, 4) is 0 Å². The van der Waals surface area contributed by atoms with Gasteiger partial charge in [0.2, 0.25) is 5.91 Å². The van der Waals surface area contributed by atoms with E-state index in [2.05, 4.69) is 6.42 Å². The van der Waals surface area contributed by atoms with E-state index in [0.29, 0.717) is 12.2 Å². The van der Waals surface area contributed by atoms with Crippen LogP contribution in [0.1, 0.15) is 0 Å². The molecule has 0 atom stereocenters. The number of hydrogen-bond donors (Lipinski definition) is 1. The zero-order chi connectivity index (χ0) is 11.7. The van der Waals surface area contributed by atoms with E-state index < -0.39 is 11.9 Å². The van der Waals surface area contributed by atoms with Crippen molar-refractivity contribution in [1.29, 1.82) is 0 Å². The van der Waals surface area contributed by atoms with Crippen molar-refractivity contribution in [3.05, 3.63) is 30.7 Å². The van der Waals surface area contributed by atoms with Gasteiger partial charge in [-0.25, -0.2) is 9.69 Å². The van der Waals surface area contributed by atoms with Crippen LogP contribution in [0.15, 0.2) is 24.3 Å². The monoisotopic (exact) mass is 217 g/mol. The van der Waals surface area contributed by atoms with E-state index in [1.54, 1.807) is 12.1 Å². The molecule has 5 heteroatoms. The van der Waals surface area contributed by atoms with Crippen molar-refractivity contribution in [1.82, 2.24) is 0 Å². The zero-order valence-corrected chi connectivity index (χ0v) is 8.80. The second-order valence-electron chi connectivity index (χ2n) is 3.50. The molecule has 0 saturated heterocycles. The predicted molar refractivity (Wildman–Crippen MR) is 60.0 cm³/mol. The summed E-state index contributed by atoms with van der Waals surface area (Å²) in [6, 6.07) is 6.30. The minimum absolute atomic E-state index is 0.333. The Kier molecular flexibility index (Phi) is 2.52. The third-order valence-corrected chi connectivity index (χ3v) is 2.42. The quantitative estimate of drug-likeness (QED) is 0.693. The molecule has 1 aromatic rings. The third kappa shape index (κ3) is 1.60. The van der Waals surface area contributed by atoms with Crippen LogP contribution in [-0.2, 0) is 4.79 Å². The summed E-state index contributed by atoms with van der Waals surface area (Å²) < 4.78 is 0. The molecule has 82 valence electrons. The van der Waals surface area contributed by atoms with Crippen LogP contribution in [0.4, 0.5) is 16.2 Å². The van der Waals surface area contributed by atoms with Gasteiger partial charge in [-0.1, -0.05) is 12.1 Å². The first-order valence-corrected chi connectivity index (χ1v) is 4.79. The zero-order valence-electron chi connectivity index (χ0n) is 8.80. The van der Waals surface area contributed by atoms with Gasteiger partial charge in [0.1, 0.15) is 6.42 Å². The Morgan fingerprint density at radius 1 is 1.38 bits per heavy atom. The Hall–Kier alpha value is -2.04. The normalized spacial score (nSPS) is 15.7. The SMILES string of the molecule is CN1C[C]C(=O)N(C(N)=O)c2ccccc21. The summed E-state index contributed by atoms with van der Waals surface area (Å²) in [5, 5.41) is 0. The molecule has 1 aromatic carbocycles. The Labute approximate surface area is 93.4 Å². The van der Waals surface area contributed by atoms with Gasteiger partial charge < -0.3 is 10.6 Å². The minimum Gasteiger partial charge on any atom is -0.372 e. The van der Waals surface area contributed by atoms with Crippen molar-refractivity contribution in [2.24, 2.45) is 5.73 Å². The van der Waals surface area contributed by atoms with Gasteiger partial charge in [0, 0.05) is 13.6 Å². The first-order chi connectivity index (χ1) is 7.61. The van der Waals surface area contributed by atoms with E-state index in [-0.39, 0.29) is 0 Å². The van der Waals surface area contributed by atoms with E-state index >= 15 is 0 Å². The van der Waals surface area contributed by atoms with Gasteiger partial charge in [-0.05, 0) is 12.1 Å². The predicted octanol–water partition coefficient (Wildman–Crippen LogP) is 0.629. The fraction of sp³-hybridized carbons (Fsp3) is 0.182. The average molecular weight is 217 g/mol. The molecule has 1 aliphatic rings. The number of rotatable bonds is 0. The number of carbonyl (C=O) groups is 2. The summed E-state index contributed by atoms with van der Waals surface area (Å²) in [5.41, 5.74) is 6.47. The van der Waals surface area contributed by atoms with Gasteiger partial charge in [-0.15, -0.1) is 0 Å². The topological polar surface area (TPSA) is 66.6 Å². The molecule has 1 heterocycles. The molecular weight excluding hydrogens is 206 g/mol. The van der Waals surface area contributed by atoms with Crippen LogP contribution < -0.4 is 15.5 Å². The Morgan fingerprint density at radius 2 is 2.00 bits per heavy atom. The summed E-state index contributed by atoms with van der Waals surface area (Å²) >= 11 is 0. The molecule has 3 amide bonds. The number of imide groups is 1. The molecule has 0 aliphatic carbocycles. The Balaban J connectivity index is 2.57. The molecule has 1 aliphatic heterocycles. The number of benzene rings is 1. The largest absolute Gasteiger partial charge is 0.372 e. The molecule has 0 unspecified atom stereocenters. The molecule has 0 spiro atoms. The first kappa shape index (κ1) is 10.5. The molecule has 16 heavy (non-hydrogen) atoms. The highest BCUT2D eigenvalue weighted by Crippen LogP contribution is 2.31. The lowest BCUT2D eigenvalue weighted by Gasteiger charge is -2.21. The van der Waals surface area contributed by atoms with Gasteiger partial charge in [0.25, 0.3) is 0 Å². The lowest BCUT2D eigenvalue weighted by atomic mass is 10.2. The van der Waals surface area contributed by atoms with Crippen LogP contribution in [0.3, 0.4) is 0 Å². The summed E-state index contributed by atoms with van der Waals surface area (Å²) in [6.45, 7) is 0.333. The van der Waals surface area contributed by atoms with E-state index in [0.717, 1.165) is 10.6 Å². The van der Waals surface area contributed by atoms with Crippen molar-refractivity contribution in [2.45, 2.75) is 0 Å². The standard InChI is InChI=1S/C11H11N3O2/c1-13-7-6-10(15)14(11(12)16)9-5-3-2-4-8(9)13/h2-5H,7H2,1H3,(H2,12,16). The van der Waals surface area contributed by atoms with Crippen molar-refractivity contribution >= 4 is 23.3 Å². The lowest BCUT2D eigenvalue weighted by Crippen LogP contribution is -2.40. The van der Waals surface area contributed by atoms with Crippen molar-refractivity contribution < 1.29 is 9.59 Å². The molecule has 0 saturated carbocycles. The third-order valence-electron chi connectivity index (χ3n) is 2.42. The maximum absolute atomic E-state index is 11.7. The van der Waals surface area contributed by atoms with Gasteiger partial charge >= 0.3 is 6.03 Å². The molecule has 0 fully saturated rings. The molecule has 0 aromatic heterocycles. The van der Waals surface area contributed by atoms with Crippen LogP contribution >= 0.6 is 0 Å². The number of anilines is 2. The molecule has 2 radical (unpaired) electrons. The fourth-order valence-corrected chi connectivity index (χ4v) is 1.65. The maximum atomic E-state index is 11.7. The lowest BCUT2D eigenvalue weighted by molar-refractivity contribution is -0.114. The van der Waals surface area contributed by atoms with Gasteiger partial charge in [-0.3, -0.25) is 4.79 Å². The molecule has 0 bridgehead atoms. The number of hydrogen-bond acceptors (Lipinski definition) is 3. The molecule has 2 N–H and O–H groups in total. The Morgan fingerprint density at radius 3 is 2.62 bits per heavy atom. The number of urea groups is 1. The van der Waals surface area contributed by atoms with Gasteiger partial charge in [0.15, 0.2) is 0 Å². The number of fused-ring (bicyclic) bond motifs is 1. The smallest absolute Gasteiger partial charge is 0.326 e. The highest BCUT2D eigenvalue weighted by Gasteiger charge is 2.28. The number of carbonyl (C=O) groups excluding carboxylic acids is 2. The van der Waals surface area contributed by atoms with Crippen LogP contribution in [-0.4, -0.2) is 25.5 Å². The van der Waals surface area contributed by atoms with E-state index in [4.69, 9.17) is 5.73 Å². The molecule has 2 rings (SSSR count). The second-order valence-corrected chi connectivity index (χ2v) is 3.50. The number of primary amides is 1. The van der Waals surface area contributed by atoms with Crippen LogP contribution in [0, 0.1) is 6.42 Å². The van der Waals surface area contributed by atoms with Crippen molar-refractivity contribution in [3.63, 3.8) is 0 Å². The van der Waals surface area contributed by atoms with E-state index in [1.807, 2.05) is 24.1 Å². The number of amides is 3. The second kappa shape index (κ2) is 3.84. The maximum Gasteiger partial charge on any atom is 0.326 e. The van der Waals surface area contributed by atoms with Gasteiger partial charge in [-0.2, -0.15) is 0 Å². The molecular formula is C11H11N3O2. The minimum atomic E-state index is -0.791. The summed E-state index contributed by atoms with van der Waals surface area (Å²) in [6.07, 6.45) is 2.58. The number of para-hydroxylation sites is 2. The highest BCUT2D eigenvalue weighted by molar-refractivity contribution is 6.19. The van der Waals surface area contributed by atoms with E-state index in [9.17, 15) is 9.59 Å². The highest BCUT2D eigenvalue weighted by atomic mass is 16.2. The summed E-state index contributed by atoms with van der Waals surface area (Å²) in [5.74, 6) is -0.510. The molecule has 5 nitrogen and oxygen atoms in total. The Bertz CT molecular complexity index is 445. The fourth-order valence-electron chi connectivity index (χ4n) is 1.65. The number of nitrogens with two attached hydrogens (primary N) is 1.